The molecule has 1 aromatic carbocycles. The van der Waals surface area contributed by atoms with Crippen molar-refractivity contribution in [2.24, 2.45) is 0 Å². The minimum atomic E-state index is 0.227. The van der Waals surface area contributed by atoms with E-state index < -0.39 is 0 Å². The topological polar surface area (TPSA) is 43.2 Å². The Morgan fingerprint density at radius 2 is 2.11 bits per heavy atom. The highest BCUT2D eigenvalue weighted by Gasteiger charge is 2.37. The normalized spacial score (nSPS) is 20.2. The van der Waals surface area contributed by atoms with E-state index in [1.54, 1.807) is 37.0 Å². The molecule has 0 spiro atoms. The molecule has 0 radical (unpaired) electrons. The van der Waals surface area contributed by atoms with Crippen molar-refractivity contribution in [2.45, 2.75) is 10.5 Å². The first-order valence-corrected chi connectivity index (χ1v) is 7.50. The van der Waals surface area contributed by atoms with Gasteiger partial charge < -0.3 is 4.74 Å². The predicted octanol–water partition coefficient (Wildman–Crippen LogP) is 2.57. The van der Waals surface area contributed by atoms with Crippen molar-refractivity contribution in [2.75, 3.05) is 12.1 Å². The van der Waals surface area contributed by atoms with Crippen LogP contribution >= 0.6 is 23.5 Å². The van der Waals surface area contributed by atoms with Gasteiger partial charge in [-0.3, -0.25) is 5.01 Å². The third kappa shape index (κ3) is 1.65. The molecule has 0 aliphatic carbocycles. The fourth-order valence-corrected chi connectivity index (χ4v) is 4.37. The van der Waals surface area contributed by atoms with Crippen LogP contribution in [0.15, 0.2) is 46.2 Å². The fourth-order valence-electron chi connectivity index (χ4n) is 2.16. The zero-order valence-electron chi connectivity index (χ0n) is 10.1. The van der Waals surface area contributed by atoms with Gasteiger partial charge in [0, 0.05) is 5.41 Å². The van der Waals surface area contributed by atoms with E-state index in [9.17, 15) is 0 Å². The highest BCUT2D eigenvalue weighted by Crippen LogP contribution is 2.50. The number of benzene rings is 1. The molecule has 19 heavy (non-hydrogen) atoms. The first kappa shape index (κ1) is 11.2. The Hall–Kier alpha value is -1.60. The monoisotopic (exact) mass is 290 g/mol. The minimum absolute atomic E-state index is 0.227. The van der Waals surface area contributed by atoms with Gasteiger partial charge in [0.25, 0.3) is 0 Å². The number of nitrogens with zero attached hydrogens (tertiary/aromatic N) is 4. The molecule has 2 aliphatic rings. The van der Waals surface area contributed by atoms with Crippen molar-refractivity contribution < 1.29 is 4.74 Å². The van der Waals surface area contributed by atoms with E-state index in [1.165, 1.54) is 10.6 Å². The van der Waals surface area contributed by atoms with Crippen LogP contribution in [0.4, 0.5) is 0 Å². The van der Waals surface area contributed by atoms with Crippen LogP contribution in [0.25, 0.3) is 0 Å². The van der Waals surface area contributed by atoms with E-state index in [2.05, 4.69) is 32.7 Å². The lowest BCUT2D eigenvalue weighted by molar-refractivity contribution is 0.414. The average Bonchev–Trinajstić information content (AvgIpc) is 3.10. The van der Waals surface area contributed by atoms with Crippen molar-refractivity contribution in [1.29, 1.82) is 0 Å². The van der Waals surface area contributed by atoms with Crippen molar-refractivity contribution in [1.82, 2.24) is 14.9 Å². The second-order valence-electron chi connectivity index (χ2n) is 4.12. The Morgan fingerprint density at radius 3 is 2.89 bits per heavy atom. The second-order valence-corrected chi connectivity index (χ2v) is 6.06. The zero-order chi connectivity index (χ0) is 12.8. The smallest absolute Gasteiger partial charge is 0.216 e. The lowest BCUT2D eigenvalue weighted by Crippen LogP contribution is -2.28. The molecule has 0 amide bonds. The molecular formula is C12H10N4OS2. The zero-order valence-corrected chi connectivity index (χ0v) is 11.7. The molecule has 0 N–H and O–H groups in total. The number of hydrogen-bond donors (Lipinski definition) is 0. The molecule has 7 heteroatoms. The average molecular weight is 290 g/mol. The molecule has 0 unspecified atom stereocenters. The number of ether oxygens (including phenoxy) is 1. The number of thioether (sulfide) groups is 2. The lowest BCUT2D eigenvalue weighted by Gasteiger charge is -2.24. The van der Waals surface area contributed by atoms with E-state index in [-0.39, 0.29) is 5.37 Å². The summed E-state index contributed by atoms with van der Waals surface area (Å²) in [7, 11) is 1.68. The van der Waals surface area contributed by atoms with Crippen LogP contribution in [0, 0.1) is 0 Å². The molecule has 5 nitrogen and oxygen atoms in total. The number of fused-ring (bicyclic) bond motifs is 3. The molecular weight excluding hydrogens is 280 g/mol. The Labute approximate surface area is 118 Å². The van der Waals surface area contributed by atoms with Crippen LogP contribution in [0.5, 0.6) is 5.75 Å². The summed E-state index contributed by atoms with van der Waals surface area (Å²) < 4.78 is 7.20. The third-order valence-electron chi connectivity index (χ3n) is 3.07. The van der Waals surface area contributed by atoms with Crippen LogP contribution < -0.4 is 9.75 Å². The Bertz CT molecular complexity index is 652. The molecule has 4 rings (SSSR count). The van der Waals surface area contributed by atoms with E-state index in [0.29, 0.717) is 0 Å². The summed E-state index contributed by atoms with van der Waals surface area (Å²) in [5.41, 5.74) is 1.24. The van der Waals surface area contributed by atoms with Gasteiger partial charge in [-0.1, -0.05) is 23.9 Å². The van der Waals surface area contributed by atoms with Gasteiger partial charge in [0.2, 0.25) is 5.16 Å². The predicted molar refractivity (Wildman–Crippen MR) is 75.5 cm³/mol. The van der Waals surface area contributed by atoms with Crippen LogP contribution in [0.3, 0.4) is 0 Å². The molecule has 1 aromatic heterocycles. The minimum Gasteiger partial charge on any atom is -0.497 e. The molecule has 2 aliphatic heterocycles. The second kappa shape index (κ2) is 4.21. The standard InChI is InChI=1S/C12H10N4OS2/c1-17-9-4-2-8(3-5-9)11-16-10(6-18-11)19-12-14-13-7-15(12)16/h2-7,11H,1H3/t11-/m0/s1. The number of hydrogen-bond acceptors (Lipinski definition) is 6. The summed E-state index contributed by atoms with van der Waals surface area (Å²) in [6, 6.07) is 8.18. The SMILES string of the molecule is COc1ccc([C@@H]2SC=C3Sc4nncn4N32)cc1. The summed E-state index contributed by atoms with van der Waals surface area (Å²) in [5, 5.41) is 14.8. The maximum Gasteiger partial charge on any atom is 0.216 e. The van der Waals surface area contributed by atoms with Crippen LogP contribution in [0.1, 0.15) is 10.9 Å². The van der Waals surface area contributed by atoms with E-state index in [4.69, 9.17) is 4.74 Å². The van der Waals surface area contributed by atoms with Gasteiger partial charge in [-0.2, -0.15) is 0 Å². The summed E-state index contributed by atoms with van der Waals surface area (Å²) >= 11 is 3.44. The molecule has 2 aromatic rings. The molecule has 0 bridgehead atoms. The Morgan fingerprint density at radius 1 is 1.26 bits per heavy atom. The van der Waals surface area contributed by atoms with Crippen molar-refractivity contribution in [3.05, 3.63) is 46.6 Å². The van der Waals surface area contributed by atoms with Gasteiger partial charge in [-0.05, 0) is 29.5 Å². The van der Waals surface area contributed by atoms with Gasteiger partial charge in [0.15, 0.2) is 0 Å². The van der Waals surface area contributed by atoms with Gasteiger partial charge in [-0.25, -0.2) is 4.68 Å². The molecule has 96 valence electrons. The number of aromatic nitrogens is 3. The third-order valence-corrected chi connectivity index (χ3v) is 5.28. The van der Waals surface area contributed by atoms with Crippen LogP contribution in [0.2, 0.25) is 0 Å². The van der Waals surface area contributed by atoms with Crippen LogP contribution in [-0.4, -0.2) is 22.0 Å². The van der Waals surface area contributed by atoms with Crippen molar-refractivity contribution in [3.63, 3.8) is 0 Å². The highest BCUT2D eigenvalue weighted by atomic mass is 32.2. The van der Waals surface area contributed by atoms with Gasteiger partial charge >= 0.3 is 0 Å². The quantitative estimate of drug-likeness (QED) is 0.847. The van der Waals surface area contributed by atoms with Crippen molar-refractivity contribution in [3.8, 4) is 5.75 Å². The van der Waals surface area contributed by atoms with E-state index >= 15 is 0 Å². The number of methoxy groups -OCH3 is 1. The summed E-state index contributed by atoms with van der Waals surface area (Å²) in [6.45, 7) is 0. The molecule has 0 saturated carbocycles. The lowest BCUT2D eigenvalue weighted by atomic mass is 10.2. The van der Waals surface area contributed by atoms with E-state index in [0.717, 1.165) is 10.9 Å². The van der Waals surface area contributed by atoms with Gasteiger partial charge in [0.1, 0.15) is 22.5 Å². The summed E-state index contributed by atoms with van der Waals surface area (Å²) in [5.74, 6) is 0.876. The fraction of sp³-hybridized carbons (Fsp3) is 0.167. The van der Waals surface area contributed by atoms with Gasteiger partial charge in [-0.15, -0.1) is 10.2 Å². The van der Waals surface area contributed by atoms with E-state index in [1.807, 2.05) is 16.8 Å². The molecule has 3 heterocycles. The first-order valence-electron chi connectivity index (χ1n) is 5.74. The largest absolute Gasteiger partial charge is 0.497 e. The summed E-state index contributed by atoms with van der Waals surface area (Å²) in [4.78, 5) is 0. The van der Waals surface area contributed by atoms with Crippen LogP contribution in [-0.2, 0) is 0 Å². The first-order chi connectivity index (χ1) is 9.36. The Kier molecular flexibility index (Phi) is 2.49. The molecule has 1 atom stereocenters. The summed E-state index contributed by atoms with van der Waals surface area (Å²) in [6.07, 6.45) is 1.76. The Balaban J connectivity index is 1.70. The highest BCUT2D eigenvalue weighted by molar-refractivity contribution is 8.07. The van der Waals surface area contributed by atoms with Crippen molar-refractivity contribution >= 4 is 23.5 Å². The maximum atomic E-state index is 5.20. The maximum absolute atomic E-state index is 5.20. The molecule has 0 fully saturated rings. The molecule has 0 saturated heterocycles. The number of rotatable bonds is 2. The van der Waals surface area contributed by atoms with Gasteiger partial charge in [0.05, 0.1) is 7.11 Å².